The van der Waals surface area contributed by atoms with E-state index < -0.39 is 0 Å². The molecule has 0 saturated carbocycles. The minimum absolute atomic E-state index is 0.0722. The topological polar surface area (TPSA) is 70.6 Å². The fourth-order valence-corrected chi connectivity index (χ4v) is 3.09. The van der Waals surface area contributed by atoms with E-state index in [1.165, 1.54) is 25.7 Å². The van der Waals surface area contributed by atoms with Gasteiger partial charge in [0.15, 0.2) is 0 Å². The van der Waals surface area contributed by atoms with Gasteiger partial charge in [-0.05, 0) is 55.3 Å². The van der Waals surface area contributed by atoms with Crippen LogP contribution in [0, 0.1) is 0 Å². The molecule has 2 aromatic rings. The summed E-state index contributed by atoms with van der Waals surface area (Å²) in [6.45, 7) is 4.02. The number of nitrogens with zero attached hydrogens (tertiary/aromatic N) is 1. The molecule has 0 aliphatic rings. The lowest BCUT2D eigenvalue weighted by Gasteiger charge is -2.08. The lowest BCUT2D eigenvalue weighted by atomic mass is 10.1. The summed E-state index contributed by atoms with van der Waals surface area (Å²) in [6.07, 6.45) is 7.34. The highest BCUT2D eigenvalue weighted by atomic mass is 35.5. The number of unbranched alkanes of at least 4 members (excludes halogenated alkanes) is 5. The molecule has 0 atom stereocenters. The minimum atomic E-state index is -0.217. The Balaban J connectivity index is 1.85. The fraction of sp³-hybridized carbons (Fsp3) is 0.375. The van der Waals surface area contributed by atoms with E-state index in [0.29, 0.717) is 28.4 Å². The molecule has 2 aromatic carbocycles. The standard InChI is InChI=1S/C24H30ClN3O2/c1-3-4-5-6-7-8-12-23(29)28-27-18(2)20-10-9-11-22(17-20)26-24(30)19-13-15-21(25)16-14-19/h9-11,13-17H,3-8,12H2,1-2H3,(H,26,30)(H,28,29)/b27-18-. The summed E-state index contributed by atoms with van der Waals surface area (Å²) in [5.41, 5.74) is 5.30. The van der Waals surface area contributed by atoms with Gasteiger partial charge in [0.1, 0.15) is 0 Å². The van der Waals surface area contributed by atoms with Gasteiger partial charge in [-0.2, -0.15) is 5.10 Å². The van der Waals surface area contributed by atoms with Crippen LogP contribution in [0.5, 0.6) is 0 Å². The number of nitrogens with one attached hydrogen (secondary N) is 2. The average molecular weight is 428 g/mol. The molecule has 0 heterocycles. The second-order valence-corrected chi connectivity index (χ2v) is 7.73. The van der Waals surface area contributed by atoms with Crippen LogP contribution in [0.25, 0.3) is 0 Å². The van der Waals surface area contributed by atoms with Crippen molar-refractivity contribution in [3.8, 4) is 0 Å². The molecule has 6 heteroatoms. The smallest absolute Gasteiger partial charge is 0.255 e. The molecule has 160 valence electrons. The number of hydrogen-bond donors (Lipinski definition) is 2. The van der Waals surface area contributed by atoms with Crippen molar-refractivity contribution >= 4 is 34.8 Å². The maximum Gasteiger partial charge on any atom is 0.255 e. The summed E-state index contributed by atoms with van der Waals surface area (Å²) < 4.78 is 0. The highest BCUT2D eigenvalue weighted by Gasteiger charge is 2.07. The first-order valence-corrected chi connectivity index (χ1v) is 10.9. The van der Waals surface area contributed by atoms with Crippen molar-refractivity contribution in [3.05, 3.63) is 64.7 Å². The van der Waals surface area contributed by atoms with Crippen LogP contribution in [0.3, 0.4) is 0 Å². The summed E-state index contributed by atoms with van der Waals surface area (Å²) >= 11 is 5.86. The lowest BCUT2D eigenvalue weighted by Crippen LogP contribution is -2.19. The van der Waals surface area contributed by atoms with E-state index in [1.54, 1.807) is 24.3 Å². The molecular weight excluding hydrogens is 398 g/mol. The maximum absolute atomic E-state index is 12.4. The number of hydrazone groups is 1. The molecule has 0 unspecified atom stereocenters. The number of carbonyl (C=O) groups excluding carboxylic acids is 2. The molecule has 2 rings (SSSR count). The number of carbonyl (C=O) groups is 2. The third-order valence-electron chi connectivity index (χ3n) is 4.75. The van der Waals surface area contributed by atoms with Gasteiger partial charge in [-0.25, -0.2) is 5.43 Å². The first-order valence-electron chi connectivity index (χ1n) is 10.5. The van der Waals surface area contributed by atoms with Crippen molar-refractivity contribution in [1.29, 1.82) is 0 Å². The summed E-state index contributed by atoms with van der Waals surface area (Å²) in [6, 6.07) is 14.1. The molecule has 0 saturated heterocycles. The van der Waals surface area contributed by atoms with Crippen molar-refractivity contribution in [3.63, 3.8) is 0 Å². The van der Waals surface area contributed by atoms with Gasteiger partial charge >= 0.3 is 0 Å². The monoisotopic (exact) mass is 427 g/mol. The Morgan fingerprint density at radius 3 is 2.37 bits per heavy atom. The van der Waals surface area contributed by atoms with Crippen molar-refractivity contribution in [2.24, 2.45) is 5.10 Å². The van der Waals surface area contributed by atoms with Crippen molar-refractivity contribution in [1.82, 2.24) is 5.43 Å². The Kier molecular flexibility index (Phi) is 10.1. The number of anilines is 1. The van der Waals surface area contributed by atoms with E-state index in [2.05, 4.69) is 22.8 Å². The Morgan fingerprint density at radius 2 is 1.63 bits per heavy atom. The van der Waals surface area contributed by atoms with Gasteiger partial charge in [0, 0.05) is 22.7 Å². The van der Waals surface area contributed by atoms with E-state index >= 15 is 0 Å². The Labute approximate surface area is 183 Å². The summed E-state index contributed by atoms with van der Waals surface area (Å²) in [4.78, 5) is 24.3. The first kappa shape index (κ1) is 23.6. The number of halogens is 1. The first-order chi connectivity index (χ1) is 14.5. The van der Waals surface area contributed by atoms with Crippen molar-refractivity contribution in [2.45, 2.75) is 58.8 Å². The van der Waals surface area contributed by atoms with Gasteiger partial charge in [-0.3, -0.25) is 9.59 Å². The van der Waals surface area contributed by atoms with Gasteiger partial charge in [0.05, 0.1) is 5.71 Å². The number of benzene rings is 2. The normalized spacial score (nSPS) is 11.2. The van der Waals surface area contributed by atoms with Crippen LogP contribution < -0.4 is 10.7 Å². The van der Waals surface area contributed by atoms with Crippen molar-refractivity contribution < 1.29 is 9.59 Å². The molecule has 2 amide bonds. The van der Waals surface area contributed by atoms with E-state index in [0.717, 1.165) is 18.4 Å². The number of amides is 2. The van der Waals surface area contributed by atoms with Crippen LogP contribution in [0.15, 0.2) is 53.6 Å². The molecule has 0 spiro atoms. The van der Waals surface area contributed by atoms with E-state index in [4.69, 9.17) is 11.6 Å². The second kappa shape index (κ2) is 12.8. The summed E-state index contributed by atoms with van der Waals surface area (Å²) in [5, 5.41) is 7.65. The maximum atomic E-state index is 12.4. The molecule has 5 nitrogen and oxygen atoms in total. The Morgan fingerprint density at radius 1 is 0.933 bits per heavy atom. The van der Waals surface area contributed by atoms with Crippen LogP contribution in [-0.4, -0.2) is 17.5 Å². The number of hydrogen-bond acceptors (Lipinski definition) is 3. The molecule has 0 radical (unpaired) electrons. The highest BCUT2D eigenvalue weighted by molar-refractivity contribution is 6.30. The Hall–Kier alpha value is -2.66. The average Bonchev–Trinajstić information content (AvgIpc) is 2.75. The van der Waals surface area contributed by atoms with Gasteiger partial charge in [-0.1, -0.05) is 62.8 Å². The molecule has 0 aromatic heterocycles. The molecule has 0 bridgehead atoms. The number of rotatable bonds is 11. The van der Waals surface area contributed by atoms with Crippen LogP contribution in [0.1, 0.15) is 74.7 Å². The minimum Gasteiger partial charge on any atom is -0.322 e. The zero-order valence-corrected chi connectivity index (χ0v) is 18.5. The van der Waals surface area contributed by atoms with Crippen LogP contribution in [0.2, 0.25) is 5.02 Å². The van der Waals surface area contributed by atoms with Crippen LogP contribution in [0.4, 0.5) is 5.69 Å². The molecule has 0 aliphatic heterocycles. The zero-order valence-electron chi connectivity index (χ0n) is 17.7. The molecule has 30 heavy (non-hydrogen) atoms. The second-order valence-electron chi connectivity index (χ2n) is 7.29. The largest absolute Gasteiger partial charge is 0.322 e. The fourth-order valence-electron chi connectivity index (χ4n) is 2.96. The van der Waals surface area contributed by atoms with Gasteiger partial charge in [-0.15, -0.1) is 0 Å². The third-order valence-corrected chi connectivity index (χ3v) is 5.00. The summed E-state index contributed by atoms with van der Waals surface area (Å²) in [5.74, 6) is -0.289. The lowest BCUT2D eigenvalue weighted by molar-refractivity contribution is -0.121. The quantitative estimate of drug-likeness (QED) is 0.255. The SMILES string of the molecule is CCCCCCCCC(=O)N/N=C(/C)c1cccc(NC(=O)c2ccc(Cl)cc2)c1. The molecule has 2 N–H and O–H groups in total. The van der Waals surface area contributed by atoms with Crippen molar-refractivity contribution in [2.75, 3.05) is 5.32 Å². The van der Waals surface area contributed by atoms with Crippen LogP contribution >= 0.6 is 11.6 Å². The van der Waals surface area contributed by atoms with Crippen LogP contribution in [-0.2, 0) is 4.79 Å². The van der Waals surface area contributed by atoms with Gasteiger partial charge in [0.2, 0.25) is 5.91 Å². The summed E-state index contributed by atoms with van der Waals surface area (Å²) in [7, 11) is 0. The molecule has 0 aliphatic carbocycles. The predicted molar refractivity (Wildman–Crippen MR) is 124 cm³/mol. The molecular formula is C24H30ClN3O2. The van der Waals surface area contributed by atoms with E-state index in [9.17, 15) is 9.59 Å². The molecule has 0 fully saturated rings. The van der Waals surface area contributed by atoms with Gasteiger partial charge in [0.25, 0.3) is 5.91 Å². The van der Waals surface area contributed by atoms with Gasteiger partial charge < -0.3 is 5.32 Å². The Bertz CT molecular complexity index is 863. The van der Waals surface area contributed by atoms with E-state index in [1.807, 2.05) is 31.2 Å². The zero-order chi connectivity index (χ0) is 21.8. The predicted octanol–water partition coefficient (Wildman–Crippen LogP) is 6.18. The highest BCUT2D eigenvalue weighted by Crippen LogP contribution is 2.15. The van der Waals surface area contributed by atoms with E-state index in [-0.39, 0.29) is 11.8 Å². The third kappa shape index (κ3) is 8.37.